The van der Waals surface area contributed by atoms with Crippen LogP contribution in [0.3, 0.4) is 0 Å². The van der Waals surface area contributed by atoms with E-state index in [4.69, 9.17) is 15.9 Å². The van der Waals surface area contributed by atoms with Crippen LogP contribution in [0.15, 0.2) is 30.1 Å². The summed E-state index contributed by atoms with van der Waals surface area (Å²) in [5.41, 5.74) is 7.44. The molecule has 0 unspecified atom stereocenters. The third-order valence-electron chi connectivity index (χ3n) is 4.43. The van der Waals surface area contributed by atoms with E-state index in [2.05, 4.69) is 25.3 Å². The van der Waals surface area contributed by atoms with Gasteiger partial charge in [-0.2, -0.15) is 4.52 Å². The smallest absolute Gasteiger partial charge is 0.223 e. The Bertz CT molecular complexity index is 1010. The van der Waals surface area contributed by atoms with Crippen molar-refractivity contribution in [2.75, 3.05) is 32.5 Å². The number of nitrogen functional groups attached to an aromatic ring is 1. The number of hydrogen-bond donors (Lipinski definition) is 3. The molecule has 1 aliphatic heterocycles. The van der Waals surface area contributed by atoms with Crippen LogP contribution in [-0.2, 0) is 6.42 Å². The average molecular weight is 352 g/mol. The number of aromatic nitrogens is 4. The lowest BCUT2D eigenvalue weighted by atomic mass is 10.2. The Morgan fingerprint density at radius 3 is 3.08 bits per heavy atom. The molecular weight excluding hydrogens is 332 g/mol. The molecule has 0 atom stereocenters. The minimum Gasteiger partial charge on any atom is -0.494 e. The van der Waals surface area contributed by atoms with Crippen molar-refractivity contribution >= 4 is 28.7 Å². The van der Waals surface area contributed by atoms with Gasteiger partial charge in [-0.05, 0) is 18.2 Å². The Morgan fingerprint density at radius 2 is 2.27 bits per heavy atom. The lowest BCUT2D eigenvalue weighted by molar-refractivity contribution is 0.396. The molecule has 2 aromatic heterocycles. The topological polar surface area (TPSA) is 117 Å². The van der Waals surface area contributed by atoms with Gasteiger partial charge in [0.2, 0.25) is 5.95 Å². The lowest BCUT2D eigenvalue weighted by Crippen LogP contribution is -2.23. The van der Waals surface area contributed by atoms with Crippen molar-refractivity contribution in [3.05, 3.63) is 35.9 Å². The number of benzene rings is 1. The first-order valence-electron chi connectivity index (χ1n) is 8.38. The number of methoxy groups -OCH3 is 1. The Balaban J connectivity index is 1.67. The second-order valence-corrected chi connectivity index (χ2v) is 5.97. The van der Waals surface area contributed by atoms with Crippen molar-refractivity contribution in [3.8, 4) is 5.75 Å². The van der Waals surface area contributed by atoms with Gasteiger partial charge in [-0.15, -0.1) is 5.10 Å². The zero-order valence-corrected chi connectivity index (χ0v) is 14.4. The molecule has 0 bridgehead atoms. The predicted molar refractivity (Wildman–Crippen MR) is 99.4 cm³/mol. The van der Waals surface area contributed by atoms with E-state index in [1.165, 1.54) is 6.21 Å². The van der Waals surface area contributed by atoms with Gasteiger partial charge in [0.15, 0.2) is 11.5 Å². The van der Waals surface area contributed by atoms with Crippen molar-refractivity contribution in [2.24, 2.45) is 0 Å². The third-order valence-corrected chi connectivity index (χ3v) is 4.43. The van der Waals surface area contributed by atoms with Crippen molar-refractivity contribution in [3.63, 3.8) is 0 Å². The Labute approximate surface area is 150 Å². The van der Waals surface area contributed by atoms with Gasteiger partial charge in [-0.3, -0.25) is 0 Å². The highest BCUT2D eigenvalue weighted by Crippen LogP contribution is 2.27. The van der Waals surface area contributed by atoms with Gasteiger partial charge in [-0.25, -0.2) is 9.97 Å². The van der Waals surface area contributed by atoms with Crippen molar-refractivity contribution in [1.82, 2.24) is 29.8 Å². The third kappa shape index (κ3) is 2.67. The summed E-state index contributed by atoms with van der Waals surface area (Å²) in [5.74, 6) is 2.60. The number of nitrogens with one attached hydrogen (secondary N) is 2. The molecule has 4 rings (SSSR count). The van der Waals surface area contributed by atoms with Gasteiger partial charge in [0.1, 0.15) is 17.1 Å². The number of hydrogen-bond acceptors (Lipinski definition) is 8. The van der Waals surface area contributed by atoms with Gasteiger partial charge in [0.25, 0.3) is 0 Å². The summed E-state index contributed by atoms with van der Waals surface area (Å²) in [7, 11) is 1.61. The van der Waals surface area contributed by atoms with Crippen LogP contribution < -0.4 is 15.8 Å². The second-order valence-electron chi connectivity index (χ2n) is 5.97. The van der Waals surface area contributed by atoms with Crippen LogP contribution >= 0.6 is 0 Å². The summed E-state index contributed by atoms with van der Waals surface area (Å²) in [6.07, 6.45) is 3.71. The summed E-state index contributed by atoms with van der Waals surface area (Å²) in [6, 6.07) is 5.69. The van der Waals surface area contributed by atoms with Crippen molar-refractivity contribution in [2.45, 2.75) is 6.42 Å². The Morgan fingerprint density at radius 1 is 1.38 bits per heavy atom. The molecule has 0 aliphatic carbocycles. The number of para-hydroxylation sites is 1. The molecule has 4 N–H and O–H groups in total. The fraction of sp³-hybridized carbons (Fsp3) is 0.294. The number of rotatable bonds is 5. The highest BCUT2D eigenvalue weighted by atomic mass is 16.5. The molecular formula is C17H20N8O. The van der Waals surface area contributed by atoms with Crippen molar-refractivity contribution in [1.29, 1.82) is 5.41 Å². The number of anilines is 1. The molecule has 3 aromatic rings. The molecule has 0 spiro atoms. The van der Waals surface area contributed by atoms with Gasteiger partial charge in [0.05, 0.1) is 7.11 Å². The fourth-order valence-electron chi connectivity index (χ4n) is 3.20. The van der Waals surface area contributed by atoms with Gasteiger partial charge >= 0.3 is 0 Å². The quantitative estimate of drug-likeness (QED) is 0.582. The van der Waals surface area contributed by atoms with E-state index in [0.29, 0.717) is 29.2 Å². The largest absolute Gasteiger partial charge is 0.494 e. The monoisotopic (exact) mass is 352 g/mol. The standard InChI is InChI=1S/C17H20N8O/c1-26-12-4-2-3-11-15(12)22-17(19)25-16(11)21-13(23-25)6-9-24-10-8-20-14(24)5-7-18/h2-5,7,18,20H,6,8-10H2,1H3,(H2,19,22)/b14-5+,18-7?. The molecule has 9 nitrogen and oxygen atoms in total. The maximum absolute atomic E-state index is 7.23. The van der Waals surface area contributed by atoms with Gasteiger partial charge in [-0.1, -0.05) is 6.07 Å². The average Bonchev–Trinajstić information content (AvgIpc) is 3.27. The first-order chi connectivity index (χ1) is 12.7. The van der Waals surface area contributed by atoms with Crippen LogP contribution in [0.25, 0.3) is 16.6 Å². The maximum Gasteiger partial charge on any atom is 0.223 e. The Hall–Kier alpha value is -3.36. The molecule has 1 aromatic carbocycles. The van der Waals surface area contributed by atoms with E-state index in [-0.39, 0.29) is 5.95 Å². The van der Waals surface area contributed by atoms with Crippen LogP contribution in [0.5, 0.6) is 5.75 Å². The highest BCUT2D eigenvalue weighted by Gasteiger charge is 2.18. The first kappa shape index (κ1) is 16.1. The van der Waals surface area contributed by atoms with E-state index >= 15 is 0 Å². The molecule has 0 radical (unpaired) electrons. The molecule has 3 heterocycles. The summed E-state index contributed by atoms with van der Waals surface area (Å²) >= 11 is 0. The zero-order chi connectivity index (χ0) is 18.1. The first-order valence-corrected chi connectivity index (χ1v) is 8.38. The normalized spacial score (nSPS) is 15.7. The van der Waals surface area contributed by atoms with Gasteiger partial charge in [0, 0.05) is 37.7 Å². The summed E-state index contributed by atoms with van der Waals surface area (Å²) in [6.45, 7) is 2.54. The van der Waals surface area contributed by atoms with E-state index in [0.717, 1.165) is 30.8 Å². The molecule has 9 heteroatoms. The molecule has 26 heavy (non-hydrogen) atoms. The summed E-state index contributed by atoms with van der Waals surface area (Å²) in [5, 5.41) is 15.9. The Kier molecular flexibility index (Phi) is 4.04. The SMILES string of the molecule is COc1cccc2c1nc(N)n1nc(CCN3CCN/C3=C\C=N)nc21. The minimum absolute atomic E-state index is 0.281. The molecule has 1 fully saturated rings. The molecule has 0 amide bonds. The zero-order valence-electron chi connectivity index (χ0n) is 14.4. The van der Waals surface area contributed by atoms with E-state index in [1.807, 2.05) is 18.2 Å². The number of nitrogens with zero attached hydrogens (tertiary/aromatic N) is 5. The summed E-state index contributed by atoms with van der Waals surface area (Å²) in [4.78, 5) is 11.3. The van der Waals surface area contributed by atoms with E-state index < -0.39 is 0 Å². The minimum atomic E-state index is 0.281. The maximum atomic E-state index is 7.23. The number of ether oxygens (including phenoxy) is 1. The summed E-state index contributed by atoms with van der Waals surface area (Å²) < 4.78 is 6.95. The van der Waals surface area contributed by atoms with Crippen LogP contribution in [0, 0.1) is 5.41 Å². The highest BCUT2D eigenvalue weighted by molar-refractivity contribution is 5.95. The number of nitrogens with two attached hydrogens (primary N) is 1. The second kappa shape index (κ2) is 6.51. The predicted octanol–water partition coefficient (Wildman–Crippen LogP) is 0.807. The van der Waals surface area contributed by atoms with Gasteiger partial charge < -0.3 is 26.1 Å². The number of allylic oxidation sites excluding steroid dienone is 1. The molecule has 0 saturated carbocycles. The van der Waals surface area contributed by atoms with Crippen molar-refractivity contribution < 1.29 is 4.74 Å². The molecule has 134 valence electrons. The van der Waals surface area contributed by atoms with Crippen LogP contribution in [0.2, 0.25) is 0 Å². The fourth-order valence-corrected chi connectivity index (χ4v) is 3.20. The van der Waals surface area contributed by atoms with E-state index in [1.54, 1.807) is 17.7 Å². The van der Waals surface area contributed by atoms with Crippen LogP contribution in [0.1, 0.15) is 5.82 Å². The number of fused-ring (bicyclic) bond motifs is 3. The molecule has 1 saturated heterocycles. The van der Waals surface area contributed by atoms with E-state index in [9.17, 15) is 0 Å². The lowest BCUT2D eigenvalue weighted by Gasteiger charge is -2.17. The van der Waals surface area contributed by atoms with Crippen LogP contribution in [0.4, 0.5) is 5.95 Å². The molecule has 1 aliphatic rings. The van der Waals surface area contributed by atoms with Crippen LogP contribution in [-0.4, -0.2) is 57.4 Å².